The summed E-state index contributed by atoms with van der Waals surface area (Å²) in [6.07, 6.45) is 0. The number of nitrogens with two attached hydrogens (primary N) is 1. The Labute approximate surface area is 92.5 Å². The van der Waals surface area contributed by atoms with Crippen LogP contribution in [0.3, 0.4) is 0 Å². The molecule has 0 radical (unpaired) electrons. The van der Waals surface area contributed by atoms with Crippen molar-refractivity contribution >= 4 is 37.2 Å². The lowest BCUT2D eigenvalue weighted by atomic mass is 10.1. The predicted molar refractivity (Wildman–Crippen MR) is 60.0 cm³/mol. The van der Waals surface area contributed by atoms with E-state index in [1.165, 1.54) is 0 Å². The van der Waals surface area contributed by atoms with E-state index in [1.807, 2.05) is 7.05 Å². The van der Waals surface area contributed by atoms with Gasteiger partial charge in [0.15, 0.2) is 0 Å². The smallest absolute Gasteiger partial charge is 0.0241 e. The minimum absolute atomic E-state index is 0. The maximum absolute atomic E-state index is 5.52. The highest BCUT2D eigenvalue weighted by Crippen LogP contribution is 2.05. The highest BCUT2D eigenvalue weighted by Gasteiger charge is 2.23. The molecule has 0 bridgehead atoms. The topological polar surface area (TPSA) is 50.1 Å². The Bertz CT molecular complexity index is 84.1. The van der Waals surface area contributed by atoms with Gasteiger partial charge in [-0.25, -0.2) is 0 Å². The van der Waals surface area contributed by atoms with Gasteiger partial charge in [-0.05, 0) is 13.6 Å². The lowest BCUT2D eigenvalue weighted by molar-refractivity contribution is 0.464. The van der Waals surface area contributed by atoms with Gasteiger partial charge in [0.25, 0.3) is 0 Å². The summed E-state index contributed by atoms with van der Waals surface area (Å²) in [5, 5.41) is 6.50. The first-order valence-corrected chi connectivity index (χ1v) is 3.46. The Balaban J connectivity index is -0.000000270. The molecule has 1 aliphatic rings. The van der Waals surface area contributed by atoms with Crippen molar-refractivity contribution in [2.24, 2.45) is 11.7 Å². The number of hydrogen-bond acceptors (Lipinski definition) is 3. The third-order valence-corrected chi connectivity index (χ3v) is 2.01. The zero-order valence-electron chi connectivity index (χ0n) is 7.08. The molecule has 0 aliphatic carbocycles. The van der Waals surface area contributed by atoms with Crippen molar-refractivity contribution in [2.75, 3.05) is 26.7 Å². The number of nitrogens with one attached hydrogen (secondary N) is 2. The third kappa shape index (κ3) is 4.70. The molecule has 0 amide bonds. The monoisotopic (exact) mass is 237 g/mol. The van der Waals surface area contributed by atoms with E-state index in [1.54, 1.807) is 0 Å². The van der Waals surface area contributed by atoms with E-state index >= 15 is 0 Å². The molecule has 2 unspecified atom stereocenters. The molecule has 0 aromatic carbocycles. The highest BCUT2D eigenvalue weighted by molar-refractivity contribution is 5.86. The van der Waals surface area contributed by atoms with Crippen LogP contribution in [-0.2, 0) is 0 Å². The molecule has 0 saturated carbocycles. The van der Waals surface area contributed by atoms with Gasteiger partial charge in [-0.3, -0.25) is 0 Å². The molecule has 78 valence electrons. The van der Waals surface area contributed by atoms with E-state index in [-0.39, 0.29) is 37.2 Å². The zero-order valence-corrected chi connectivity index (χ0v) is 9.53. The van der Waals surface area contributed by atoms with Gasteiger partial charge < -0.3 is 16.4 Å². The van der Waals surface area contributed by atoms with Crippen molar-refractivity contribution in [2.45, 2.75) is 6.04 Å². The van der Waals surface area contributed by atoms with Crippen molar-refractivity contribution in [1.29, 1.82) is 0 Å². The van der Waals surface area contributed by atoms with Crippen LogP contribution < -0.4 is 16.4 Å². The van der Waals surface area contributed by atoms with Gasteiger partial charge in [-0.2, -0.15) is 0 Å². The summed E-state index contributed by atoms with van der Waals surface area (Å²) < 4.78 is 0. The highest BCUT2D eigenvalue weighted by atomic mass is 35.5. The quantitative estimate of drug-likeness (QED) is 0.636. The number of hydrogen-bond donors (Lipinski definition) is 3. The van der Waals surface area contributed by atoms with Crippen LogP contribution in [0.5, 0.6) is 0 Å². The molecule has 1 rings (SSSR count). The van der Waals surface area contributed by atoms with Gasteiger partial charge in [0.05, 0.1) is 0 Å². The van der Waals surface area contributed by atoms with Gasteiger partial charge in [-0.15, -0.1) is 37.2 Å². The first-order valence-electron chi connectivity index (χ1n) is 3.46. The van der Waals surface area contributed by atoms with Crippen molar-refractivity contribution in [3.8, 4) is 0 Å². The molecule has 12 heavy (non-hydrogen) atoms. The molecule has 0 spiro atoms. The number of likely N-dealkylation sites (N-methyl/N-ethyl adjacent to an activating group) is 1. The molecule has 0 aromatic heterocycles. The molecule has 2 atom stereocenters. The zero-order chi connectivity index (χ0) is 6.69. The van der Waals surface area contributed by atoms with Crippen molar-refractivity contribution in [3.05, 3.63) is 0 Å². The van der Waals surface area contributed by atoms with Crippen LogP contribution in [0, 0.1) is 5.92 Å². The Morgan fingerprint density at radius 3 is 2.25 bits per heavy atom. The van der Waals surface area contributed by atoms with Gasteiger partial charge in [0.1, 0.15) is 0 Å². The van der Waals surface area contributed by atoms with Gasteiger partial charge in [0.2, 0.25) is 0 Å². The number of halogens is 3. The minimum Gasteiger partial charge on any atom is -0.330 e. The SMILES string of the molecule is CNC1CNCC1CN.Cl.Cl.Cl. The van der Waals surface area contributed by atoms with E-state index in [9.17, 15) is 0 Å². The van der Waals surface area contributed by atoms with Gasteiger partial charge in [0, 0.05) is 25.0 Å². The summed E-state index contributed by atoms with van der Waals surface area (Å²) in [6.45, 7) is 2.93. The first-order chi connectivity index (χ1) is 4.38. The molecule has 1 heterocycles. The summed E-state index contributed by atoms with van der Waals surface area (Å²) in [6, 6.07) is 0.593. The molecule has 0 aromatic rings. The van der Waals surface area contributed by atoms with Crippen LogP contribution in [0.2, 0.25) is 0 Å². The second kappa shape index (κ2) is 9.84. The second-order valence-electron chi connectivity index (χ2n) is 2.55. The molecule has 3 nitrogen and oxygen atoms in total. The van der Waals surface area contributed by atoms with E-state index in [0.29, 0.717) is 12.0 Å². The van der Waals surface area contributed by atoms with E-state index in [2.05, 4.69) is 10.6 Å². The Morgan fingerprint density at radius 2 is 1.92 bits per heavy atom. The minimum atomic E-state index is 0. The van der Waals surface area contributed by atoms with Crippen LogP contribution in [0.4, 0.5) is 0 Å². The average Bonchev–Trinajstić information content (AvgIpc) is 2.33. The van der Waals surface area contributed by atoms with Crippen LogP contribution in [0.1, 0.15) is 0 Å². The normalized spacial score (nSPS) is 26.5. The van der Waals surface area contributed by atoms with Crippen LogP contribution >= 0.6 is 37.2 Å². The van der Waals surface area contributed by atoms with Gasteiger partial charge >= 0.3 is 0 Å². The fraction of sp³-hybridized carbons (Fsp3) is 1.00. The fourth-order valence-corrected chi connectivity index (χ4v) is 1.32. The largest absolute Gasteiger partial charge is 0.330 e. The third-order valence-electron chi connectivity index (χ3n) is 2.01. The molecule has 1 fully saturated rings. The molecular weight excluding hydrogens is 220 g/mol. The predicted octanol–water partition coefficient (Wildman–Crippen LogP) is 0.0179. The molecule has 1 aliphatic heterocycles. The molecule has 4 N–H and O–H groups in total. The maximum Gasteiger partial charge on any atom is 0.0241 e. The van der Waals surface area contributed by atoms with E-state index in [4.69, 9.17) is 5.73 Å². The van der Waals surface area contributed by atoms with Crippen molar-refractivity contribution in [1.82, 2.24) is 10.6 Å². The Kier molecular flexibility index (Phi) is 15.2. The maximum atomic E-state index is 5.52. The van der Waals surface area contributed by atoms with Crippen LogP contribution in [0.15, 0.2) is 0 Å². The first kappa shape index (κ1) is 18.5. The van der Waals surface area contributed by atoms with E-state index < -0.39 is 0 Å². The molecular formula is C6H18Cl3N3. The van der Waals surface area contributed by atoms with Crippen LogP contribution in [-0.4, -0.2) is 32.7 Å². The number of rotatable bonds is 2. The average molecular weight is 239 g/mol. The standard InChI is InChI=1S/C6H15N3.3ClH/c1-8-6-4-9-3-5(6)2-7;;;/h5-6,8-9H,2-4,7H2,1H3;3*1H. The van der Waals surface area contributed by atoms with Crippen molar-refractivity contribution in [3.63, 3.8) is 0 Å². The van der Waals surface area contributed by atoms with Crippen LogP contribution in [0.25, 0.3) is 0 Å². The fourth-order valence-electron chi connectivity index (χ4n) is 1.32. The van der Waals surface area contributed by atoms with E-state index in [0.717, 1.165) is 19.6 Å². The van der Waals surface area contributed by atoms with Gasteiger partial charge in [-0.1, -0.05) is 0 Å². The summed E-state index contributed by atoms with van der Waals surface area (Å²) in [5.41, 5.74) is 5.52. The lowest BCUT2D eigenvalue weighted by Gasteiger charge is -2.14. The lowest BCUT2D eigenvalue weighted by Crippen LogP contribution is -2.36. The summed E-state index contributed by atoms with van der Waals surface area (Å²) in [4.78, 5) is 0. The Morgan fingerprint density at radius 1 is 1.33 bits per heavy atom. The Hall–Kier alpha value is 0.750. The summed E-state index contributed by atoms with van der Waals surface area (Å²) in [7, 11) is 1.99. The second-order valence-corrected chi connectivity index (χ2v) is 2.55. The summed E-state index contributed by atoms with van der Waals surface area (Å²) in [5.74, 6) is 0.634. The summed E-state index contributed by atoms with van der Waals surface area (Å²) >= 11 is 0. The molecule has 6 heteroatoms. The van der Waals surface area contributed by atoms with Crippen molar-refractivity contribution < 1.29 is 0 Å². The molecule has 1 saturated heterocycles.